The number of aromatic nitrogens is 4. The van der Waals surface area contributed by atoms with E-state index < -0.39 is 17.4 Å². The summed E-state index contributed by atoms with van der Waals surface area (Å²) in [5, 5.41) is 3.77. The third kappa shape index (κ3) is 4.17. The Morgan fingerprint density at radius 1 is 1.00 bits per heavy atom. The van der Waals surface area contributed by atoms with Gasteiger partial charge in [0.15, 0.2) is 5.82 Å². The first-order valence-corrected chi connectivity index (χ1v) is 9.37. The zero-order valence-corrected chi connectivity index (χ0v) is 16.7. The average Bonchev–Trinajstić information content (AvgIpc) is 3.02. The van der Waals surface area contributed by atoms with Gasteiger partial charge in [-0.25, -0.2) is 14.3 Å². The Labute approximate surface area is 179 Å². The molecule has 0 saturated carbocycles. The lowest BCUT2D eigenvalue weighted by molar-refractivity contribution is -0.137. The Morgan fingerprint density at radius 2 is 1.65 bits per heavy atom. The second-order valence-electron chi connectivity index (χ2n) is 6.51. The molecular weight excluding hydrogens is 433 g/mol. The molecule has 0 atom stereocenters. The summed E-state index contributed by atoms with van der Waals surface area (Å²) in [5.41, 5.74) is -1.14. The van der Waals surface area contributed by atoms with Crippen molar-refractivity contribution in [1.82, 2.24) is 19.3 Å². The highest BCUT2D eigenvalue weighted by Crippen LogP contribution is 2.31. The second-order valence-corrected chi connectivity index (χ2v) is 6.92. The molecule has 0 N–H and O–H groups in total. The van der Waals surface area contributed by atoms with Gasteiger partial charge in [0.1, 0.15) is 17.3 Å². The number of pyridine rings is 1. The number of benzene rings is 2. The molecule has 31 heavy (non-hydrogen) atoms. The van der Waals surface area contributed by atoms with Crippen molar-refractivity contribution in [3.8, 4) is 23.0 Å². The Bertz CT molecular complexity index is 1280. The lowest BCUT2D eigenvalue weighted by atomic mass is 10.3. The summed E-state index contributed by atoms with van der Waals surface area (Å²) in [7, 11) is 0. The first-order chi connectivity index (χ1) is 14.7. The predicted octanol–water partition coefficient (Wildman–Crippen LogP) is 5.19. The third-order valence-electron chi connectivity index (χ3n) is 4.36. The second kappa shape index (κ2) is 7.92. The molecule has 4 rings (SSSR count). The molecule has 0 saturated heterocycles. The fourth-order valence-corrected chi connectivity index (χ4v) is 3.18. The molecular formula is C21H14ClF3N4O2. The van der Waals surface area contributed by atoms with Crippen molar-refractivity contribution in [3.05, 3.63) is 93.8 Å². The van der Waals surface area contributed by atoms with Gasteiger partial charge in [-0.05, 0) is 49.4 Å². The highest BCUT2D eigenvalue weighted by Gasteiger charge is 2.32. The Balaban J connectivity index is 1.67. The summed E-state index contributed by atoms with van der Waals surface area (Å²) in [4.78, 5) is 16.6. The van der Waals surface area contributed by atoms with E-state index >= 15 is 0 Å². The van der Waals surface area contributed by atoms with Crippen LogP contribution in [0.15, 0.2) is 71.7 Å². The summed E-state index contributed by atoms with van der Waals surface area (Å²) in [6, 6.07) is 16.6. The van der Waals surface area contributed by atoms with Gasteiger partial charge < -0.3 is 4.74 Å². The Hall–Kier alpha value is -3.59. The molecule has 158 valence electrons. The van der Waals surface area contributed by atoms with Crippen LogP contribution in [0.3, 0.4) is 0 Å². The van der Waals surface area contributed by atoms with Crippen LogP contribution in [0, 0.1) is 6.92 Å². The first kappa shape index (κ1) is 20.7. The van der Waals surface area contributed by atoms with Gasteiger partial charge in [0.25, 0.3) is 0 Å². The average molecular weight is 447 g/mol. The minimum atomic E-state index is -4.60. The monoisotopic (exact) mass is 446 g/mol. The van der Waals surface area contributed by atoms with Crippen LogP contribution >= 0.6 is 11.6 Å². The normalized spacial score (nSPS) is 11.5. The number of hydrogen-bond acceptors (Lipinski definition) is 4. The molecule has 0 radical (unpaired) electrons. The number of hydrogen-bond donors (Lipinski definition) is 0. The zero-order chi connectivity index (χ0) is 22.2. The van der Waals surface area contributed by atoms with Crippen molar-refractivity contribution in [2.75, 3.05) is 0 Å². The zero-order valence-electron chi connectivity index (χ0n) is 16.0. The lowest BCUT2D eigenvalue weighted by Crippen LogP contribution is -2.24. The number of halogens is 4. The summed E-state index contributed by atoms with van der Waals surface area (Å²) in [5.74, 6) is 1.35. The van der Waals surface area contributed by atoms with Crippen molar-refractivity contribution < 1.29 is 17.9 Å². The molecule has 2 aromatic carbocycles. The molecule has 10 heteroatoms. The maximum absolute atomic E-state index is 12.9. The molecule has 0 amide bonds. The maximum Gasteiger partial charge on any atom is 0.417 e. The summed E-state index contributed by atoms with van der Waals surface area (Å²) >= 11 is 5.96. The van der Waals surface area contributed by atoms with E-state index in [4.69, 9.17) is 16.3 Å². The fraction of sp³-hybridized carbons (Fsp3) is 0.0952. The minimum absolute atomic E-state index is 0.189. The molecule has 0 aliphatic heterocycles. The molecule has 2 heterocycles. The molecule has 2 aromatic heterocycles. The molecule has 0 fully saturated rings. The van der Waals surface area contributed by atoms with E-state index in [1.807, 2.05) is 30.3 Å². The summed E-state index contributed by atoms with van der Waals surface area (Å²) in [6.07, 6.45) is -3.99. The molecule has 0 spiro atoms. The molecule has 0 aliphatic carbocycles. The van der Waals surface area contributed by atoms with Gasteiger partial charge in [0.2, 0.25) is 0 Å². The lowest BCUT2D eigenvalue weighted by Gasteiger charge is -2.08. The molecule has 0 unspecified atom stereocenters. The number of para-hydroxylation sites is 1. The van der Waals surface area contributed by atoms with E-state index in [0.29, 0.717) is 35.3 Å². The number of ether oxygens (including phenoxy) is 1. The quantitative estimate of drug-likeness (QED) is 0.433. The van der Waals surface area contributed by atoms with Crippen molar-refractivity contribution in [2.24, 2.45) is 0 Å². The topological polar surface area (TPSA) is 61.9 Å². The van der Waals surface area contributed by atoms with Crippen molar-refractivity contribution in [3.63, 3.8) is 0 Å². The van der Waals surface area contributed by atoms with Gasteiger partial charge in [-0.15, -0.1) is 5.10 Å². The largest absolute Gasteiger partial charge is 0.457 e. The number of rotatable bonds is 4. The first-order valence-electron chi connectivity index (χ1n) is 8.99. The third-order valence-corrected chi connectivity index (χ3v) is 4.64. The smallest absolute Gasteiger partial charge is 0.417 e. The summed E-state index contributed by atoms with van der Waals surface area (Å²) < 4.78 is 46.4. The van der Waals surface area contributed by atoms with Crippen LogP contribution in [-0.2, 0) is 6.18 Å². The van der Waals surface area contributed by atoms with Crippen LogP contribution in [-0.4, -0.2) is 19.3 Å². The van der Waals surface area contributed by atoms with Gasteiger partial charge in [-0.1, -0.05) is 29.8 Å². The van der Waals surface area contributed by atoms with Gasteiger partial charge in [-0.2, -0.15) is 17.9 Å². The van der Waals surface area contributed by atoms with Gasteiger partial charge in [-0.3, -0.25) is 0 Å². The van der Waals surface area contributed by atoms with Crippen LogP contribution in [0.2, 0.25) is 5.02 Å². The van der Waals surface area contributed by atoms with Gasteiger partial charge >= 0.3 is 11.9 Å². The Kier molecular flexibility index (Phi) is 5.28. The minimum Gasteiger partial charge on any atom is -0.457 e. The predicted molar refractivity (Wildman–Crippen MR) is 108 cm³/mol. The standard InChI is InChI=1S/C21H14ClF3N4O2/c1-13-27-29(19-18(22)11-14(12-26-19)21(23,24)25)20(30)28(13)15-7-9-17(10-8-15)31-16-5-3-2-4-6-16/h2-12H,1H3. The van der Waals surface area contributed by atoms with Crippen molar-refractivity contribution in [1.29, 1.82) is 0 Å². The van der Waals surface area contributed by atoms with Crippen LogP contribution in [0.4, 0.5) is 13.2 Å². The van der Waals surface area contributed by atoms with Gasteiger partial charge in [0, 0.05) is 6.20 Å². The van der Waals surface area contributed by atoms with Crippen molar-refractivity contribution in [2.45, 2.75) is 13.1 Å². The van der Waals surface area contributed by atoms with E-state index in [1.165, 1.54) is 4.57 Å². The number of nitrogens with zero attached hydrogens (tertiary/aromatic N) is 4. The SMILES string of the molecule is Cc1nn(-c2ncc(C(F)(F)F)cc2Cl)c(=O)n1-c1ccc(Oc2ccccc2)cc1. The molecule has 0 bridgehead atoms. The van der Waals surface area contributed by atoms with Gasteiger partial charge in [0.05, 0.1) is 16.3 Å². The van der Waals surface area contributed by atoms with E-state index in [1.54, 1.807) is 31.2 Å². The fourth-order valence-electron chi connectivity index (χ4n) is 2.93. The van der Waals surface area contributed by atoms with E-state index in [0.717, 1.165) is 4.68 Å². The molecule has 4 aromatic rings. The van der Waals surface area contributed by atoms with Crippen LogP contribution in [0.5, 0.6) is 11.5 Å². The number of aryl methyl sites for hydroxylation is 1. The van der Waals surface area contributed by atoms with E-state index in [-0.39, 0.29) is 10.8 Å². The van der Waals surface area contributed by atoms with E-state index in [2.05, 4.69) is 10.1 Å². The van der Waals surface area contributed by atoms with Crippen molar-refractivity contribution >= 4 is 11.6 Å². The molecule has 0 aliphatic rings. The van der Waals surface area contributed by atoms with Crippen LogP contribution < -0.4 is 10.4 Å². The number of alkyl halides is 3. The molecule has 6 nitrogen and oxygen atoms in total. The highest BCUT2D eigenvalue weighted by molar-refractivity contribution is 6.32. The Morgan fingerprint density at radius 3 is 2.26 bits per heavy atom. The highest BCUT2D eigenvalue weighted by atomic mass is 35.5. The van der Waals surface area contributed by atoms with E-state index in [9.17, 15) is 18.0 Å². The maximum atomic E-state index is 12.9. The van der Waals surface area contributed by atoms with Crippen LogP contribution in [0.1, 0.15) is 11.4 Å². The van der Waals surface area contributed by atoms with Crippen LogP contribution in [0.25, 0.3) is 11.5 Å². The summed E-state index contributed by atoms with van der Waals surface area (Å²) in [6.45, 7) is 1.59.